The molecule has 0 atom stereocenters. The summed E-state index contributed by atoms with van der Waals surface area (Å²) in [7, 11) is 0. The molecule has 14 heterocycles. The van der Waals surface area contributed by atoms with Crippen LogP contribution in [-0.4, -0.2) is 105 Å². The van der Waals surface area contributed by atoms with E-state index in [4.69, 9.17) is 0 Å². The maximum Gasteiger partial charge on any atom is 0.180 e. The van der Waals surface area contributed by atoms with Gasteiger partial charge in [-0.1, -0.05) is 53.7 Å². The normalized spacial score (nSPS) is 8.00. The zero-order valence-electron chi connectivity index (χ0n) is 42.7. The zero-order valence-corrected chi connectivity index (χ0v) is 45.1. The SMILES string of the molecule is c1c[nH]cn1.c1cc[nH]c1.c1ccccc1.c1ccnnc1.c1ccoc1.c1ccsc1.c1cn[nH]c1.c1cnccn1.c1cncnc1.c1cnoc1.c1cnsc1.c1cocn1.c1cscn1.c1nc[nH]n1.c1ncncn1. The maximum atomic E-state index is 4.58. The van der Waals surface area contributed by atoms with E-state index in [0.717, 1.165) is 0 Å². The molecular formula is C53H57N21O3S3. The van der Waals surface area contributed by atoms with Crippen LogP contribution in [0.5, 0.6) is 0 Å². The zero-order chi connectivity index (χ0) is 56.6. The fourth-order valence-electron chi connectivity index (χ4n) is 3.38. The lowest BCUT2D eigenvalue weighted by Crippen LogP contribution is -1.73. The lowest BCUT2D eigenvalue weighted by molar-refractivity contribution is 0.420. The van der Waals surface area contributed by atoms with Crippen LogP contribution in [0.3, 0.4) is 0 Å². The predicted octanol–water partition coefficient (Wildman–Crippen LogP) is 11.3. The fraction of sp³-hybridized carbons (Fsp3) is 0. The number of benzene rings is 1. The van der Waals surface area contributed by atoms with Crippen LogP contribution < -0.4 is 0 Å². The van der Waals surface area contributed by atoms with Gasteiger partial charge in [-0.05, 0) is 83.0 Å². The minimum atomic E-state index is 1.38. The van der Waals surface area contributed by atoms with E-state index in [1.807, 2.05) is 131 Å². The number of oxazole rings is 1. The number of aromatic amines is 4. The highest BCUT2D eigenvalue weighted by molar-refractivity contribution is 7.07. The number of thiazole rings is 1. The lowest BCUT2D eigenvalue weighted by atomic mass is 10.4. The molecule has 0 aliphatic rings. The van der Waals surface area contributed by atoms with Crippen molar-refractivity contribution in [3.8, 4) is 0 Å². The van der Waals surface area contributed by atoms with Crippen LogP contribution in [0.4, 0.5) is 0 Å². The summed E-state index contributed by atoms with van der Waals surface area (Å²) >= 11 is 4.78. The van der Waals surface area contributed by atoms with Crippen LogP contribution in [0.15, 0.2) is 337 Å². The highest BCUT2D eigenvalue weighted by Gasteiger charge is 1.66. The molecule has 0 aliphatic carbocycles. The first-order valence-electron chi connectivity index (χ1n) is 22.7. The molecule has 15 aromatic rings. The van der Waals surface area contributed by atoms with Gasteiger partial charge in [0.05, 0.1) is 36.8 Å². The molecule has 0 spiro atoms. The van der Waals surface area contributed by atoms with Crippen LogP contribution in [0.2, 0.25) is 0 Å². The first-order chi connectivity index (χ1) is 40.0. The van der Waals surface area contributed by atoms with Gasteiger partial charge < -0.3 is 23.3 Å². The molecule has 0 amide bonds. The van der Waals surface area contributed by atoms with E-state index >= 15 is 0 Å². The van der Waals surface area contributed by atoms with E-state index in [1.54, 1.807) is 158 Å². The summed E-state index contributed by atoms with van der Waals surface area (Å²) in [5, 5.41) is 30.6. The Morgan fingerprint density at radius 1 is 0.312 bits per heavy atom. The number of imidazole rings is 1. The van der Waals surface area contributed by atoms with Crippen LogP contribution in [0.1, 0.15) is 0 Å². The van der Waals surface area contributed by atoms with Crippen LogP contribution in [0.25, 0.3) is 0 Å². The Kier molecular flexibility index (Phi) is 53.7. The van der Waals surface area contributed by atoms with Crippen molar-refractivity contribution >= 4 is 34.2 Å². The van der Waals surface area contributed by atoms with Crippen molar-refractivity contribution in [2.24, 2.45) is 0 Å². The van der Waals surface area contributed by atoms with E-state index in [0.29, 0.717) is 0 Å². The average molecular weight is 1130 g/mol. The molecule has 410 valence electrons. The van der Waals surface area contributed by atoms with Crippen molar-refractivity contribution < 1.29 is 13.4 Å². The van der Waals surface area contributed by atoms with Crippen LogP contribution in [-0.2, 0) is 0 Å². The van der Waals surface area contributed by atoms with Crippen LogP contribution in [0, 0.1) is 0 Å². The molecule has 14 aromatic heterocycles. The van der Waals surface area contributed by atoms with E-state index in [-0.39, 0.29) is 0 Å². The van der Waals surface area contributed by atoms with Crippen molar-refractivity contribution in [1.29, 1.82) is 0 Å². The molecule has 0 radical (unpaired) electrons. The Bertz CT molecular complexity index is 2050. The van der Waals surface area contributed by atoms with Gasteiger partial charge in [0.25, 0.3) is 0 Å². The molecule has 24 nitrogen and oxygen atoms in total. The Labute approximate surface area is 473 Å². The molecule has 0 bridgehead atoms. The maximum absolute atomic E-state index is 4.58. The predicted molar refractivity (Wildman–Crippen MR) is 307 cm³/mol. The van der Waals surface area contributed by atoms with E-state index in [2.05, 4.69) is 118 Å². The van der Waals surface area contributed by atoms with E-state index in [1.165, 1.54) is 68.4 Å². The Morgan fingerprint density at radius 3 is 1.19 bits per heavy atom. The smallest absolute Gasteiger partial charge is 0.180 e. The number of hydrogen-bond donors (Lipinski definition) is 4. The van der Waals surface area contributed by atoms with E-state index in [9.17, 15) is 0 Å². The summed E-state index contributed by atoms with van der Waals surface area (Å²) in [5.74, 6) is 0. The number of thiophene rings is 1. The molecule has 0 aliphatic heterocycles. The van der Waals surface area contributed by atoms with Gasteiger partial charge in [-0.3, -0.25) is 25.1 Å². The Balaban J connectivity index is 0.000000429. The average Bonchev–Trinajstić information content (AvgIpc) is 4.41. The first kappa shape index (κ1) is 67.0. The van der Waals surface area contributed by atoms with Crippen molar-refractivity contribution in [3.05, 3.63) is 324 Å². The summed E-state index contributed by atoms with van der Waals surface area (Å²) in [6.07, 6.45) is 48.6. The third kappa shape index (κ3) is 61.3. The number of furan rings is 1. The summed E-state index contributed by atoms with van der Waals surface area (Å²) in [5.41, 5.74) is 1.79. The minimum absolute atomic E-state index is 1.38. The molecular weight excluding hydrogens is 1070 g/mol. The van der Waals surface area contributed by atoms with E-state index < -0.39 is 0 Å². The summed E-state index contributed by atoms with van der Waals surface area (Å²) in [4.78, 5) is 45.6. The van der Waals surface area contributed by atoms with Crippen molar-refractivity contribution in [3.63, 3.8) is 0 Å². The number of nitrogens with zero attached hydrogens (tertiary/aromatic N) is 17. The molecule has 15 rings (SSSR count). The number of H-pyrrole nitrogens is 4. The lowest BCUT2D eigenvalue weighted by Gasteiger charge is -1.70. The number of nitrogens with one attached hydrogen (secondary N) is 4. The van der Waals surface area contributed by atoms with Gasteiger partial charge in [0, 0.05) is 110 Å². The summed E-state index contributed by atoms with van der Waals surface area (Å²) < 4.78 is 17.2. The topological polar surface area (TPSA) is 322 Å². The second-order valence-electron chi connectivity index (χ2n) is 12.0. The first-order valence-corrected chi connectivity index (χ1v) is 25.4. The molecule has 80 heavy (non-hydrogen) atoms. The Morgan fingerprint density at radius 2 is 1.00 bits per heavy atom. The Hall–Kier alpha value is -11.0. The second-order valence-corrected chi connectivity index (χ2v) is 14.3. The van der Waals surface area contributed by atoms with Gasteiger partial charge in [0.1, 0.15) is 50.5 Å². The molecule has 0 unspecified atom stereocenters. The summed E-state index contributed by atoms with van der Waals surface area (Å²) in [6.45, 7) is 0. The number of hydrogen-bond acceptors (Lipinski definition) is 23. The molecule has 0 saturated heterocycles. The van der Waals surface area contributed by atoms with Gasteiger partial charge in [-0.25, -0.2) is 44.2 Å². The second kappa shape index (κ2) is 64.1. The number of aromatic nitrogens is 21. The summed E-state index contributed by atoms with van der Waals surface area (Å²) in [6, 6.07) is 34.5. The fourth-order valence-corrected chi connectivity index (χ4v) is 4.54. The monoisotopic (exact) mass is 1130 g/mol. The van der Waals surface area contributed by atoms with Gasteiger partial charge in [0.15, 0.2) is 6.39 Å². The highest BCUT2D eigenvalue weighted by atomic mass is 32.1. The van der Waals surface area contributed by atoms with Crippen molar-refractivity contribution in [2.75, 3.05) is 0 Å². The molecule has 27 heteroatoms. The number of rotatable bonds is 0. The third-order valence-corrected chi connectivity index (χ3v) is 8.06. The van der Waals surface area contributed by atoms with Gasteiger partial charge in [-0.2, -0.15) is 31.7 Å². The van der Waals surface area contributed by atoms with Crippen LogP contribution >= 0.6 is 34.2 Å². The molecule has 4 N–H and O–H groups in total. The van der Waals surface area contributed by atoms with Crippen molar-refractivity contribution in [2.45, 2.75) is 0 Å². The molecule has 0 fully saturated rings. The highest BCUT2D eigenvalue weighted by Crippen LogP contribution is 1.91. The third-order valence-electron chi connectivity index (χ3n) is 6.38. The van der Waals surface area contributed by atoms with Gasteiger partial charge in [-0.15, -0.1) is 11.3 Å². The minimum Gasteiger partial charge on any atom is -0.473 e. The van der Waals surface area contributed by atoms with Gasteiger partial charge >= 0.3 is 0 Å². The molecule has 0 saturated carbocycles. The quantitative estimate of drug-likeness (QED) is 0.110. The molecule has 1 aromatic carbocycles. The van der Waals surface area contributed by atoms with Crippen molar-refractivity contribution in [1.82, 2.24) is 105 Å². The standard InChI is InChI=1S/C6H6.3C4H4N2.C4H5N.C4H4O.C4H4S.C3H3N3.2C3H4N2.2C3H3NO.2C3H3NS.C2H3N3/c1-2-4-6-5-3-1;1-2-6-4-3-5-1;1-2-5-4-6-3-1;1-2-4-6-5-3-1;3*1-2-4-5-3-1;1-4-2-6-3-5-1;1-2-5-3-4-1;1-2-4-5-3-1;1-2-5-3-4-1;1-2-4-5-3-1;1-2-5-3-4-1;1-2-4-5-3-1;1-3-2-5-4-1/h1-6H;3*1-4H;1-5H;2*1-4H;1-3H;2*1-3H,(H,4,5);4*1-3H;1-2H,(H,3,4,5). The van der Waals surface area contributed by atoms with Gasteiger partial charge in [0.2, 0.25) is 0 Å². The largest absolute Gasteiger partial charge is 0.473 e.